The van der Waals surface area contributed by atoms with Crippen molar-refractivity contribution < 1.29 is 14.6 Å². The topological polar surface area (TPSA) is 61.8 Å². The van der Waals surface area contributed by atoms with Gasteiger partial charge in [0.1, 0.15) is 12.5 Å². The molecule has 5 nitrogen and oxygen atoms in total. The van der Waals surface area contributed by atoms with Crippen molar-refractivity contribution in [3.8, 4) is 5.75 Å². The van der Waals surface area contributed by atoms with E-state index in [1.54, 1.807) is 0 Å². The molecule has 0 fully saturated rings. The molecule has 2 rings (SSSR count). The predicted octanol–water partition coefficient (Wildman–Crippen LogP) is 0.0812. The zero-order valence-corrected chi connectivity index (χ0v) is 9.06. The third-order valence-electron chi connectivity index (χ3n) is 2.49. The number of carbonyl (C=O) groups is 1. The van der Waals surface area contributed by atoms with Crippen molar-refractivity contribution in [2.75, 3.05) is 25.3 Å². The Morgan fingerprint density at radius 3 is 3.06 bits per heavy atom. The minimum atomic E-state index is -0.321. The third-order valence-corrected chi connectivity index (χ3v) is 2.49. The summed E-state index contributed by atoms with van der Waals surface area (Å²) in [6.45, 7) is 0.373. The van der Waals surface area contributed by atoms with Crippen LogP contribution in [-0.4, -0.2) is 31.4 Å². The number of amides is 1. The fourth-order valence-electron chi connectivity index (χ4n) is 1.72. The first-order chi connectivity index (χ1) is 7.76. The first-order valence-corrected chi connectivity index (χ1v) is 5.08. The van der Waals surface area contributed by atoms with Gasteiger partial charge in [-0.05, 0) is 24.7 Å². The molecule has 1 heterocycles. The molecule has 0 unspecified atom stereocenters. The molecule has 0 aliphatic carbocycles. The maximum absolute atomic E-state index is 11.5. The molecule has 0 atom stereocenters. The highest BCUT2D eigenvalue weighted by Crippen LogP contribution is 2.32. The normalized spacial score (nSPS) is 14.6. The van der Waals surface area contributed by atoms with Gasteiger partial charge >= 0.3 is 0 Å². The number of anilines is 1. The lowest BCUT2D eigenvalue weighted by molar-refractivity contribution is -0.122. The monoisotopic (exact) mass is 222 g/mol. The maximum Gasteiger partial charge on any atom is 0.266 e. The summed E-state index contributed by atoms with van der Waals surface area (Å²) in [4.78, 5) is 12.8. The summed E-state index contributed by atoms with van der Waals surface area (Å²) in [6, 6.07) is 5.59. The van der Waals surface area contributed by atoms with Crippen molar-refractivity contribution >= 4 is 11.6 Å². The van der Waals surface area contributed by atoms with Crippen LogP contribution in [0.5, 0.6) is 5.75 Å². The van der Waals surface area contributed by atoms with Gasteiger partial charge in [-0.25, -0.2) is 0 Å². The van der Waals surface area contributed by atoms with Gasteiger partial charge in [0.15, 0.2) is 6.61 Å². The van der Waals surface area contributed by atoms with E-state index in [2.05, 4.69) is 5.32 Å². The number of hydrogen-bond donors (Lipinski definition) is 2. The van der Waals surface area contributed by atoms with Crippen molar-refractivity contribution in [3.63, 3.8) is 0 Å². The minimum absolute atomic E-state index is 0.0149. The molecule has 1 aromatic carbocycles. The van der Waals surface area contributed by atoms with E-state index < -0.39 is 0 Å². The molecule has 5 heteroatoms. The third kappa shape index (κ3) is 1.87. The van der Waals surface area contributed by atoms with E-state index >= 15 is 0 Å². The number of nitrogens with zero attached hydrogens (tertiary/aromatic N) is 1. The number of aliphatic hydroxyl groups is 1. The number of rotatable bonds is 3. The first kappa shape index (κ1) is 10.9. The molecule has 1 aliphatic heterocycles. The molecule has 16 heavy (non-hydrogen) atoms. The van der Waals surface area contributed by atoms with Gasteiger partial charge in [-0.15, -0.1) is 0 Å². The lowest BCUT2D eigenvalue weighted by atomic mass is 10.1. The Morgan fingerprint density at radius 1 is 1.56 bits per heavy atom. The number of nitrogens with one attached hydrogen (secondary N) is 1. The van der Waals surface area contributed by atoms with Crippen molar-refractivity contribution in [3.05, 3.63) is 23.8 Å². The summed E-state index contributed by atoms with van der Waals surface area (Å²) in [6.07, 6.45) is 0. The van der Waals surface area contributed by atoms with Gasteiger partial charge in [0.2, 0.25) is 0 Å². The van der Waals surface area contributed by atoms with Gasteiger partial charge in [-0.3, -0.25) is 9.69 Å². The van der Waals surface area contributed by atoms with Crippen LogP contribution in [0.25, 0.3) is 0 Å². The SMILES string of the molecule is CNCc1ccc2c(c1)N(CO)C(=O)CO2. The van der Waals surface area contributed by atoms with Crippen LogP contribution >= 0.6 is 0 Å². The van der Waals surface area contributed by atoms with Crippen molar-refractivity contribution in [1.29, 1.82) is 0 Å². The fourth-order valence-corrected chi connectivity index (χ4v) is 1.72. The van der Waals surface area contributed by atoms with Crippen molar-refractivity contribution in [1.82, 2.24) is 5.32 Å². The highest BCUT2D eigenvalue weighted by atomic mass is 16.5. The Kier molecular flexibility index (Phi) is 3.07. The summed E-state index contributed by atoms with van der Waals surface area (Å²) in [5.74, 6) is 0.408. The first-order valence-electron chi connectivity index (χ1n) is 5.08. The second-order valence-electron chi connectivity index (χ2n) is 3.58. The van der Waals surface area contributed by atoms with Crippen LogP contribution < -0.4 is 15.0 Å². The average Bonchev–Trinajstić information content (AvgIpc) is 2.29. The smallest absolute Gasteiger partial charge is 0.266 e. The van der Waals surface area contributed by atoms with Crippen LogP contribution in [0.15, 0.2) is 18.2 Å². The Balaban J connectivity index is 2.37. The van der Waals surface area contributed by atoms with E-state index in [1.165, 1.54) is 4.90 Å². The zero-order valence-electron chi connectivity index (χ0n) is 9.06. The van der Waals surface area contributed by atoms with Crippen LogP contribution in [0.1, 0.15) is 5.56 Å². The van der Waals surface area contributed by atoms with E-state index in [0.717, 1.165) is 5.56 Å². The molecule has 1 amide bonds. The van der Waals surface area contributed by atoms with Crippen LogP contribution in [0.4, 0.5) is 5.69 Å². The van der Waals surface area contributed by atoms with Crippen LogP contribution in [0.3, 0.4) is 0 Å². The second kappa shape index (κ2) is 4.51. The highest BCUT2D eigenvalue weighted by molar-refractivity contribution is 5.97. The lowest BCUT2D eigenvalue weighted by Gasteiger charge is -2.28. The predicted molar refractivity (Wildman–Crippen MR) is 59.3 cm³/mol. The Labute approximate surface area is 93.6 Å². The molecule has 0 aromatic heterocycles. The van der Waals surface area contributed by atoms with Crippen LogP contribution in [0.2, 0.25) is 0 Å². The fraction of sp³-hybridized carbons (Fsp3) is 0.364. The molecule has 0 radical (unpaired) electrons. The maximum atomic E-state index is 11.5. The average molecular weight is 222 g/mol. The van der Waals surface area contributed by atoms with E-state index in [4.69, 9.17) is 9.84 Å². The Morgan fingerprint density at radius 2 is 2.38 bits per heavy atom. The summed E-state index contributed by atoms with van der Waals surface area (Å²) in [7, 11) is 1.85. The molecular weight excluding hydrogens is 208 g/mol. The number of ether oxygens (including phenoxy) is 1. The second-order valence-corrected chi connectivity index (χ2v) is 3.58. The number of hydrogen-bond acceptors (Lipinski definition) is 4. The Hall–Kier alpha value is -1.59. The van der Waals surface area contributed by atoms with Gasteiger partial charge in [-0.2, -0.15) is 0 Å². The molecule has 0 saturated carbocycles. The van der Waals surface area contributed by atoms with Gasteiger partial charge < -0.3 is 15.2 Å². The Bertz CT molecular complexity index is 406. The number of carbonyl (C=O) groups excluding carboxylic acids is 1. The quantitative estimate of drug-likeness (QED) is 0.760. The van der Waals surface area contributed by atoms with Crippen molar-refractivity contribution in [2.24, 2.45) is 0 Å². The summed E-state index contributed by atoms with van der Waals surface area (Å²) in [5.41, 5.74) is 1.67. The van der Waals surface area contributed by atoms with E-state index in [-0.39, 0.29) is 19.2 Å². The zero-order chi connectivity index (χ0) is 11.5. The van der Waals surface area contributed by atoms with Crippen LogP contribution in [-0.2, 0) is 11.3 Å². The van der Waals surface area contributed by atoms with Crippen LogP contribution in [0, 0.1) is 0 Å². The van der Waals surface area contributed by atoms with Gasteiger partial charge in [0.05, 0.1) is 5.69 Å². The number of fused-ring (bicyclic) bond motifs is 1. The van der Waals surface area contributed by atoms with E-state index in [0.29, 0.717) is 18.0 Å². The molecule has 0 spiro atoms. The lowest BCUT2D eigenvalue weighted by Crippen LogP contribution is -2.39. The molecule has 86 valence electrons. The molecule has 0 saturated heterocycles. The number of benzene rings is 1. The standard InChI is InChI=1S/C11H14N2O3/c1-12-5-8-2-3-10-9(4-8)13(7-14)11(15)6-16-10/h2-4,12,14H,5-7H2,1H3. The summed E-state index contributed by atoms with van der Waals surface area (Å²) in [5, 5.41) is 12.2. The summed E-state index contributed by atoms with van der Waals surface area (Å²) < 4.78 is 5.28. The van der Waals surface area contributed by atoms with E-state index in [1.807, 2.05) is 25.2 Å². The molecule has 1 aromatic rings. The molecule has 2 N–H and O–H groups in total. The van der Waals surface area contributed by atoms with E-state index in [9.17, 15) is 4.79 Å². The molecular formula is C11H14N2O3. The molecule has 0 bridgehead atoms. The summed E-state index contributed by atoms with van der Waals surface area (Å²) >= 11 is 0. The van der Waals surface area contributed by atoms with Gasteiger partial charge in [0, 0.05) is 6.54 Å². The highest BCUT2D eigenvalue weighted by Gasteiger charge is 2.24. The van der Waals surface area contributed by atoms with Gasteiger partial charge in [-0.1, -0.05) is 6.07 Å². The molecule has 1 aliphatic rings. The van der Waals surface area contributed by atoms with Gasteiger partial charge in [0.25, 0.3) is 5.91 Å². The van der Waals surface area contributed by atoms with Crippen molar-refractivity contribution in [2.45, 2.75) is 6.54 Å². The largest absolute Gasteiger partial charge is 0.482 e. The minimum Gasteiger partial charge on any atom is -0.482 e. The number of aliphatic hydroxyl groups excluding tert-OH is 1.